The standard InChI is InChI=1S/C29H29N9O4/c1-18-15-35(11-12-36(18)28(40)20-7-5-4-6-8-20)29(41)26(39)21-13-31-25-24(21)23(42-3)14-32-27(25)37-10-9-22(34-37)19(2)38-17-30-16-33-38/h4-10,13-14,16-19,31H,11-12,15H2,1-3H3. The van der Waals surface area contributed by atoms with E-state index in [4.69, 9.17) is 4.74 Å². The molecule has 1 aliphatic heterocycles. The lowest BCUT2D eigenvalue weighted by Gasteiger charge is -2.39. The number of pyridine rings is 1. The lowest BCUT2D eigenvalue weighted by molar-refractivity contribution is -0.128. The molecule has 42 heavy (non-hydrogen) atoms. The van der Waals surface area contributed by atoms with Gasteiger partial charge in [-0.25, -0.2) is 19.3 Å². The van der Waals surface area contributed by atoms with Gasteiger partial charge in [-0.2, -0.15) is 10.2 Å². The van der Waals surface area contributed by atoms with Gasteiger partial charge in [0.25, 0.3) is 17.6 Å². The Morgan fingerprint density at radius 2 is 1.93 bits per heavy atom. The van der Waals surface area contributed by atoms with Gasteiger partial charge < -0.3 is 19.5 Å². The molecule has 6 rings (SSSR count). The molecule has 2 atom stereocenters. The van der Waals surface area contributed by atoms with Crippen molar-refractivity contribution in [2.24, 2.45) is 0 Å². The summed E-state index contributed by atoms with van der Waals surface area (Å²) in [4.78, 5) is 54.9. The number of hydrogen-bond donors (Lipinski definition) is 1. The highest BCUT2D eigenvalue weighted by Crippen LogP contribution is 2.32. The molecule has 1 fully saturated rings. The van der Waals surface area contributed by atoms with Gasteiger partial charge in [-0.05, 0) is 32.0 Å². The first kappa shape index (κ1) is 26.9. The number of piperazine rings is 1. The van der Waals surface area contributed by atoms with Gasteiger partial charge in [0.05, 0.1) is 41.5 Å². The van der Waals surface area contributed by atoms with Crippen LogP contribution in [0.3, 0.4) is 0 Å². The van der Waals surface area contributed by atoms with E-state index in [1.807, 2.05) is 38.1 Å². The number of Topliss-reactive ketones (excluding diaryl/α,β-unsaturated/α-hetero) is 1. The van der Waals surface area contributed by atoms with Gasteiger partial charge in [0.15, 0.2) is 5.82 Å². The van der Waals surface area contributed by atoms with E-state index in [1.165, 1.54) is 30.7 Å². The van der Waals surface area contributed by atoms with Crippen LogP contribution in [-0.2, 0) is 4.79 Å². The summed E-state index contributed by atoms with van der Waals surface area (Å²) in [6.07, 6.45) is 7.85. The molecule has 0 saturated carbocycles. The molecule has 2 amide bonds. The summed E-state index contributed by atoms with van der Waals surface area (Å²) in [6.45, 7) is 4.65. The molecular formula is C29H29N9O4. The number of ether oxygens (including phenoxy) is 1. The zero-order valence-electron chi connectivity index (χ0n) is 23.3. The van der Waals surface area contributed by atoms with Crippen molar-refractivity contribution in [3.63, 3.8) is 0 Å². The van der Waals surface area contributed by atoms with Crippen LogP contribution in [0.2, 0.25) is 0 Å². The number of fused-ring (bicyclic) bond motifs is 1. The second kappa shape index (κ2) is 10.9. The SMILES string of the molecule is COc1cnc(-n2ccc(C(C)n3cncn3)n2)c2[nH]cc(C(=O)C(=O)N3CCN(C(=O)c4ccccc4)C(C)C3)c12. The van der Waals surface area contributed by atoms with Crippen LogP contribution in [0.5, 0.6) is 5.75 Å². The average Bonchev–Trinajstić information content (AvgIpc) is 3.81. The highest BCUT2D eigenvalue weighted by molar-refractivity contribution is 6.45. The number of aromatic amines is 1. The molecule has 1 aliphatic rings. The zero-order valence-corrected chi connectivity index (χ0v) is 23.3. The van der Waals surface area contributed by atoms with Crippen LogP contribution in [0, 0.1) is 0 Å². The molecule has 1 aromatic carbocycles. The van der Waals surface area contributed by atoms with Gasteiger partial charge in [-0.15, -0.1) is 0 Å². The number of benzene rings is 1. The number of nitrogens with one attached hydrogen (secondary N) is 1. The fraction of sp³-hybridized carbons (Fsp3) is 0.276. The van der Waals surface area contributed by atoms with Gasteiger partial charge in [0.2, 0.25) is 0 Å². The Labute approximate surface area is 240 Å². The first-order valence-corrected chi connectivity index (χ1v) is 13.5. The predicted octanol–water partition coefficient (Wildman–Crippen LogP) is 2.51. The van der Waals surface area contributed by atoms with Crippen LogP contribution < -0.4 is 4.74 Å². The Hall–Kier alpha value is -5.33. The topological polar surface area (TPSA) is 144 Å². The number of carbonyl (C=O) groups is 3. The molecule has 0 bridgehead atoms. The molecule has 4 aromatic heterocycles. The summed E-state index contributed by atoms with van der Waals surface area (Å²) in [6, 6.07) is 10.5. The maximum Gasteiger partial charge on any atom is 0.295 e. The van der Waals surface area contributed by atoms with E-state index in [0.717, 1.165) is 5.69 Å². The van der Waals surface area contributed by atoms with Gasteiger partial charge >= 0.3 is 0 Å². The highest BCUT2D eigenvalue weighted by atomic mass is 16.5. The normalized spacial score (nSPS) is 16.0. The van der Waals surface area contributed by atoms with Crippen LogP contribution in [0.25, 0.3) is 16.7 Å². The molecule has 13 nitrogen and oxygen atoms in total. The summed E-state index contributed by atoms with van der Waals surface area (Å²) in [7, 11) is 1.48. The zero-order chi connectivity index (χ0) is 29.4. The lowest BCUT2D eigenvalue weighted by Crippen LogP contribution is -2.56. The number of aromatic nitrogens is 7. The van der Waals surface area contributed by atoms with Crippen LogP contribution in [0.1, 0.15) is 46.3 Å². The number of H-pyrrole nitrogens is 1. The van der Waals surface area contributed by atoms with Crippen LogP contribution in [0.15, 0.2) is 67.6 Å². The number of carbonyl (C=O) groups excluding carboxylic acids is 3. The molecule has 5 heterocycles. The van der Waals surface area contributed by atoms with Crippen molar-refractivity contribution < 1.29 is 19.1 Å². The van der Waals surface area contributed by atoms with E-state index in [9.17, 15) is 14.4 Å². The van der Waals surface area contributed by atoms with Crippen molar-refractivity contribution in [3.05, 3.63) is 84.5 Å². The van der Waals surface area contributed by atoms with Crippen LogP contribution in [-0.4, -0.2) is 94.7 Å². The molecule has 13 heteroatoms. The van der Waals surface area contributed by atoms with E-state index in [1.54, 1.807) is 38.9 Å². The van der Waals surface area contributed by atoms with E-state index < -0.39 is 11.7 Å². The largest absolute Gasteiger partial charge is 0.494 e. The Kier molecular flexibility index (Phi) is 6.98. The second-order valence-corrected chi connectivity index (χ2v) is 10.1. The average molecular weight is 568 g/mol. The minimum absolute atomic E-state index is 0.0969. The summed E-state index contributed by atoms with van der Waals surface area (Å²) in [5, 5.41) is 9.29. The van der Waals surface area contributed by atoms with Gasteiger partial charge in [-0.1, -0.05) is 18.2 Å². The number of hydrogen-bond acceptors (Lipinski definition) is 8. The Morgan fingerprint density at radius 3 is 2.64 bits per heavy atom. The van der Waals surface area contributed by atoms with Crippen LogP contribution in [0.4, 0.5) is 0 Å². The molecular weight excluding hydrogens is 538 g/mol. The lowest BCUT2D eigenvalue weighted by atomic mass is 10.1. The Bertz CT molecular complexity index is 1760. The number of nitrogens with zero attached hydrogens (tertiary/aromatic N) is 8. The maximum absolute atomic E-state index is 13.6. The van der Waals surface area contributed by atoms with Crippen molar-refractivity contribution in [3.8, 4) is 11.6 Å². The number of amides is 2. The van der Waals surface area contributed by atoms with Crippen LogP contribution >= 0.6 is 0 Å². The van der Waals surface area contributed by atoms with Crippen molar-refractivity contribution in [2.45, 2.75) is 25.9 Å². The molecule has 5 aromatic rings. The quantitative estimate of drug-likeness (QED) is 0.233. The van der Waals surface area contributed by atoms with E-state index >= 15 is 0 Å². The maximum atomic E-state index is 13.6. The highest BCUT2D eigenvalue weighted by Gasteiger charge is 2.34. The molecule has 1 N–H and O–H groups in total. The number of methoxy groups -OCH3 is 1. The molecule has 1 saturated heterocycles. The van der Waals surface area contributed by atoms with Crippen molar-refractivity contribution in [1.29, 1.82) is 0 Å². The van der Waals surface area contributed by atoms with E-state index in [-0.39, 0.29) is 36.6 Å². The summed E-state index contributed by atoms with van der Waals surface area (Å²) in [5.74, 6) is -0.622. The van der Waals surface area contributed by atoms with Crippen molar-refractivity contribution in [2.75, 3.05) is 26.7 Å². The first-order valence-electron chi connectivity index (χ1n) is 13.5. The summed E-state index contributed by atoms with van der Waals surface area (Å²) < 4.78 is 8.83. The minimum Gasteiger partial charge on any atom is -0.494 e. The summed E-state index contributed by atoms with van der Waals surface area (Å²) in [5.41, 5.74) is 2.01. The Balaban J connectivity index is 1.25. The van der Waals surface area contributed by atoms with E-state index in [0.29, 0.717) is 34.6 Å². The third-order valence-corrected chi connectivity index (χ3v) is 7.60. The fourth-order valence-corrected chi connectivity index (χ4v) is 5.29. The monoisotopic (exact) mass is 567 g/mol. The smallest absolute Gasteiger partial charge is 0.295 e. The van der Waals surface area contributed by atoms with Crippen molar-refractivity contribution in [1.82, 2.24) is 44.3 Å². The van der Waals surface area contributed by atoms with Crippen molar-refractivity contribution >= 4 is 28.5 Å². The number of ketones is 1. The molecule has 0 spiro atoms. The Morgan fingerprint density at radius 1 is 1.12 bits per heavy atom. The fourth-order valence-electron chi connectivity index (χ4n) is 5.29. The first-order chi connectivity index (χ1) is 20.4. The second-order valence-electron chi connectivity index (χ2n) is 10.1. The third kappa shape index (κ3) is 4.68. The van der Waals surface area contributed by atoms with Gasteiger partial charge in [-0.3, -0.25) is 14.4 Å². The molecule has 0 aliphatic carbocycles. The minimum atomic E-state index is -0.673. The molecule has 0 radical (unpaired) electrons. The molecule has 2 unspecified atom stereocenters. The van der Waals surface area contributed by atoms with Gasteiger partial charge in [0, 0.05) is 43.6 Å². The van der Waals surface area contributed by atoms with Gasteiger partial charge in [0.1, 0.15) is 18.4 Å². The summed E-state index contributed by atoms with van der Waals surface area (Å²) >= 11 is 0. The van der Waals surface area contributed by atoms with E-state index in [2.05, 4.69) is 25.1 Å². The predicted molar refractivity (Wildman–Crippen MR) is 151 cm³/mol. The molecule has 214 valence electrons. The number of rotatable bonds is 7. The third-order valence-electron chi connectivity index (χ3n) is 7.60.